The Kier molecular flexibility index (Phi) is 6.63. The number of aromatic nitrogens is 1. The van der Waals surface area contributed by atoms with Gasteiger partial charge in [0.1, 0.15) is 11.9 Å². The second-order valence-corrected chi connectivity index (χ2v) is 11.6. The molecule has 0 saturated heterocycles. The van der Waals surface area contributed by atoms with E-state index in [9.17, 15) is 9.90 Å². The van der Waals surface area contributed by atoms with Crippen molar-refractivity contribution in [2.24, 2.45) is 0 Å². The molecule has 38 heavy (non-hydrogen) atoms. The fourth-order valence-corrected chi connectivity index (χ4v) is 7.01. The lowest BCUT2D eigenvalue weighted by Gasteiger charge is -2.24. The van der Waals surface area contributed by atoms with Crippen LogP contribution in [0, 0.1) is 20.8 Å². The first-order chi connectivity index (χ1) is 18.4. The number of hydrogen-bond donors (Lipinski definition) is 1. The molecule has 3 aliphatic rings. The Bertz CT molecular complexity index is 1360. The third-order valence-corrected chi connectivity index (χ3v) is 8.77. The average Bonchev–Trinajstić information content (AvgIpc) is 3.47. The van der Waals surface area contributed by atoms with E-state index in [2.05, 4.69) is 50.0 Å². The fraction of sp³-hybridized carbons (Fsp3) is 0.455. The number of carboxylic acids is 1. The van der Waals surface area contributed by atoms with Crippen LogP contribution >= 0.6 is 0 Å². The zero-order valence-electron chi connectivity index (χ0n) is 22.7. The second-order valence-electron chi connectivity index (χ2n) is 11.6. The van der Waals surface area contributed by atoms with Crippen LogP contribution in [0.5, 0.6) is 11.6 Å². The molecule has 2 aliphatic carbocycles. The SMILES string of the molecule is Cc1cc(-c2c(C)cc(C3CCCCC3)cc2C)c2c(c1)C(Oc1cc3c(cn1)[C@H](CC(=O)O)CO3)CC2. The van der Waals surface area contributed by atoms with Gasteiger partial charge in [-0.15, -0.1) is 0 Å². The maximum Gasteiger partial charge on any atom is 0.304 e. The lowest BCUT2D eigenvalue weighted by molar-refractivity contribution is -0.137. The van der Waals surface area contributed by atoms with Crippen LogP contribution in [-0.4, -0.2) is 22.7 Å². The topological polar surface area (TPSA) is 68.7 Å². The van der Waals surface area contributed by atoms with Gasteiger partial charge in [-0.3, -0.25) is 4.79 Å². The molecule has 5 nitrogen and oxygen atoms in total. The lowest BCUT2D eigenvalue weighted by atomic mass is 9.81. The van der Waals surface area contributed by atoms with Crippen molar-refractivity contribution in [1.82, 2.24) is 4.98 Å². The van der Waals surface area contributed by atoms with Gasteiger partial charge in [-0.25, -0.2) is 4.98 Å². The molecule has 198 valence electrons. The molecular formula is C33H37NO4. The molecule has 2 aromatic carbocycles. The highest BCUT2D eigenvalue weighted by molar-refractivity contribution is 5.77. The van der Waals surface area contributed by atoms with E-state index in [1.165, 1.54) is 76.6 Å². The number of aryl methyl sites for hydroxylation is 3. The maximum atomic E-state index is 11.2. The van der Waals surface area contributed by atoms with Crippen molar-refractivity contribution in [2.75, 3.05) is 6.61 Å². The van der Waals surface area contributed by atoms with Crippen LogP contribution < -0.4 is 9.47 Å². The molecule has 0 bridgehead atoms. The summed E-state index contributed by atoms with van der Waals surface area (Å²) in [4.78, 5) is 15.7. The van der Waals surface area contributed by atoms with E-state index >= 15 is 0 Å². The molecule has 0 radical (unpaired) electrons. The van der Waals surface area contributed by atoms with E-state index < -0.39 is 5.97 Å². The quantitative estimate of drug-likeness (QED) is 0.367. The van der Waals surface area contributed by atoms with E-state index in [1.54, 1.807) is 6.20 Å². The molecule has 1 aromatic heterocycles. The van der Waals surface area contributed by atoms with Gasteiger partial charge in [0.2, 0.25) is 5.88 Å². The van der Waals surface area contributed by atoms with Crippen molar-refractivity contribution < 1.29 is 19.4 Å². The minimum atomic E-state index is -0.824. The van der Waals surface area contributed by atoms with Crippen LogP contribution in [0.4, 0.5) is 0 Å². The fourth-order valence-electron chi connectivity index (χ4n) is 7.01. The van der Waals surface area contributed by atoms with Crippen LogP contribution in [0.1, 0.15) is 102 Å². The number of ether oxygens (including phenoxy) is 2. The highest BCUT2D eigenvalue weighted by Crippen LogP contribution is 2.45. The molecular weight excluding hydrogens is 474 g/mol. The van der Waals surface area contributed by atoms with Gasteiger partial charge in [0.05, 0.1) is 13.0 Å². The minimum Gasteiger partial charge on any atom is -0.492 e. The van der Waals surface area contributed by atoms with E-state index in [1.807, 2.05) is 6.07 Å². The van der Waals surface area contributed by atoms with E-state index in [4.69, 9.17) is 9.47 Å². The Morgan fingerprint density at radius 2 is 1.76 bits per heavy atom. The number of carbonyl (C=O) groups is 1. The minimum absolute atomic E-state index is 0.0490. The van der Waals surface area contributed by atoms with Gasteiger partial charge >= 0.3 is 5.97 Å². The summed E-state index contributed by atoms with van der Waals surface area (Å²) in [5.74, 6) is 0.949. The third kappa shape index (κ3) is 4.68. The van der Waals surface area contributed by atoms with Gasteiger partial charge in [0, 0.05) is 23.7 Å². The van der Waals surface area contributed by atoms with Crippen LogP contribution in [0.3, 0.4) is 0 Å². The highest BCUT2D eigenvalue weighted by atomic mass is 16.5. The Balaban J connectivity index is 1.28. The van der Waals surface area contributed by atoms with E-state index in [0.717, 1.165) is 18.4 Å². The van der Waals surface area contributed by atoms with Crippen molar-refractivity contribution in [2.45, 2.75) is 90.1 Å². The standard InChI is InChI=1S/C33H37NO4/c1-19-11-26-25(27(12-19)33-20(2)13-23(14-21(33)3)22-7-5-4-6-8-22)9-10-29(26)38-31-16-30-28(17-34-31)24(18-37-30)15-32(35)36/h11-14,16-17,22,24,29H,4-10,15,18H2,1-3H3,(H,35,36)/t24-,29?/m1/s1. The Hall–Kier alpha value is -3.34. The summed E-state index contributed by atoms with van der Waals surface area (Å²) < 4.78 is 12.2. The maximum absolute atomic E-state index is 11.2. The molecule has 1 N–H and O–H groups in total. The molecule has 1 aliphatic heterocycles. The Labute approximate surface area is 225 Å². The number of pyridine rings is 1. The lowest BCUT2D eigenvalue weighted by Crippen LogP contribution is -2.08. The van der Waals surface area contributed by atoms with Crippen molar-refractivity contribution >= 4 is 5.97 Å². The first-order valence-corrected chi connectivity index (χ1v) is 14.1. The molecule has 5 heteroatoms. The number of nitrogens with zero attached hydrogens (tertiary/aromatic N) is 1. The van der Waals surface area contributed by atoms with Crippen molar-refractivity contribution in [3.05, 3.63) is 75.5 Å². The normalized spacial score (nSPS) is 20.6. The van der Waals surface area contributed by atoms with Crippen LogP contribution in [0.15, 0.2) is 36.5 Å². The molecule has 3 aromatic rings. The largest absolute Gasteiger partial charge is 0.492 e. The van der Waals surface area contributed by atoms with Crippen molar-refractivity contribution in [3.8, 4) is 22.8 Å². The summed E-state index contributed by atoms with van der Waals surface area (Å²) in [6.45, 7) is 7.10. The number of carboxylic acid groups (broad SMARTS) is 1. The number of fused-ring (bicyclic) bond motifs is 2. The first kappa shape index (κ1) is 25.0. The van der Waals surface area contributed by atoms with E-state index in [0.29, 0.717) is 24.2 Å². The zero-order valence-corrected chi connectivity index (χ0v) is 22.7. The summed E-state index contributed by atoms with van der Waals surface area (Å²) in [7, 11) is 0. The summed E-state index contributed by atoms with van der Waals surface area (Å²) in [6, 6.07) is 11.3. The average molecular weight is 512 g/mol. The summed E-state index contributed by atoms with van der Waals surface area (Å²) in [6.07, 6.45) is 10.3. The van der Waals surface area contributed by atoms with Gasteiger partial charge in [-0.2, -0.15) is 0 Å². The molecule has 1 unspecified atom stereocenters. The second kappa shape index (κ2) is 10.1. The summed E-state index contributed by atoms with van der Waals surface area (Å²) in [5.41, 5.74) is 11.7. The molecule has 0 amide bonds. The Morgan fingerprint density at radius 3 is 2.50 bits per heavy atom. The van der Waals surface area contributed by atoms with Gasteiger partial charge in [-0.1, -0.05) is 49.1 Å². The van der Waals surface area contributed by atoms with Crippen LogP contribution in [0.25, 0.3) is 11.1 Å². The van der Waals surface area contributed by atoms with Gasteiger partial charge in [0.15, 0.2) is 0 Å². The van der Waals surface area contributed by atoms with Gasteiger partial charge in [-0.05, 0) is 91.3 Å². The number of aliphatic carboxylic acids is 1. The highest BCUT2D eigenvalue weighted by Gasteiger charge is 2.31. The third-order valence-electron chi connectivity index (χ3n) is 8.77. The summed E-state index contributed by atoms with van der Waals surface area (Å²) in [5, 5.41) is 9.17. The molecule has 0 spiro atoms. The van der Waals surface area contributed by atoms with Gasteiger partial charge in [0.25, 0.3) is 0 Å². The van der Waals surface area contributed by atoms with Crippen molar-refractivity contribution in [3.63, 3.8) is 0 Å². The van der Waals surface area contributed by atoms with Crippen LogP contribution in [-0.2, 0) is 11.2 Å². The predicted molar refractivity (Wildman–Crippen MR) is 148 cm³/mol. The smallest absolute Gasteiger partial charge is 0.304 e. The predicted octanol–water partition coefficient (Wildman–Crippen LogP) is 7.74. The van der Waals surface area contributed by atoms with Crippen molar-refractivity contribution in [1.29, 1.82) is 0 Å². The van der Waals surface area contributed by atoms with Gasteiger partial charge < -0.3 is 14.6 Å². The first-order valence-electron chi connectivity index (χ1n) is 14.1. The van der Waals surface area contributed by atoms with E-state index in [-0.39, 0.29) is 18.4 Å². The molecule has 6 rings (SSSR count). The zero-order chi connectivity index (χ0) is 26.4. The molecule has 2 heterocycles. The number of rotatable bonds is 6. The summed E-state index contributed by atoms with van der Waals surface area (Å²) >= 11 is 0. The Morgan fingerprint density at radius 1 is 1.00 bits per heavy atom. The van der Waals surface area contributed by atoms with Crippen LogP contribution in [0.2, 0.25) is 0 Å². The monoisotopic (exact) mass is 511 g/mol. The molecule has 2 atom stereocenters. The number of hydrogen-bond acceptors (Lipinski definition) is 4. The molecule has 1 fully saturated rings. The number of benzene rings is 2. The molecule has 1 saturated carbocycles.